The van der Waals surface area contributed by atoms with E-state index < -0.39 is 0 Å². The molecule has 3 nitrogen and oxygen atoms in total. The second-order valence-electron chi connectivity index (χ2n) is 6.37. The van der Waals surface area contributed by atoms with E-state index in [1.807, 2.05) is 11.8 Å². The molecule has 2 fully saturated rings. The van der Waals surface area contributed by atoms with Gasteiger partial charge in [0, 0.05) is 11.3 Å². The van der Waals surface area contributed by atoms with Crippen molar-refractivity contribution in [3.05, 3.63) is 22.4 Å². The number of thiophene rings is 1. The molecule has 4 unspecified atom stereocenters. The Morgan fingerprint density at radius 2 is 2.24 bits per heavy atom. The SMILES string of the molecule is CSC1CCCC1N1C(=O)C(C(C)C)NC1c1ccsc1. The summed E-state index contributed by atoms with van der Waals surface area (Å²) in [5, 5.41) is 8.44. The van der Waals surface area contributed by atoms with Gasteiger partial charge < -0.3 is 4.90 Å². The van der Waals surface area contributed by atoms with Crippen LogP contribution in [0, 0.1) is 5.92 Å². The molecule has 2 heterocycles. The van der Waals surface area contributed by atoms with Gasteiger partial charge in [-0.25, -0.2) is 0 Å². The average Bonchev–Trinajstić information content (AvgIpc) is 3.16. The molecule has 0 spiro atoms. The van der Waals surface area contributed by atoms with Crippen molar-refractivity contribution in [3.8, 4) is 0 Å². The summed E-state index contributed by atoms with van der Waals surface area (Å²) in [6.07, 6.45) is 5.86. The Kier molecular flexibility index (Phi) is 4.62. The zero-order chi connectivity index (χ0) is 15.0. The highest BCUT2D eigenvalue weighted by Crippen LogP contribution is 2.39. The highest BCUT2D eigenvalue weighted by molar-refractivity contribution is 7.99. The molecule has 1 N–H and O–H groups in total. The normalized spacial score (nSPS) is 33.3. The Morgan fingerprint density at radius 1 is 1.43 bits per heavy atom. The van der Waals surface area contributed by atoms with Crippen LogP contribution in [0.15, 0.2) is 16.8 Å². The van der Waals surface area contributed by atoms with Gasteiger partial charge in [-0.2, -0.15) is 23.1 Å². The summed E-state index contributed by atoms with van der Waals surface area (Å²) in [4.78, 5) is 15.1. The molecule has 1 aliphatic heterocycles. The maximum Gasteiger partial charge on any atom is 0.241 e. The third kappa shape index (κ3) is 2.76. The van der Waals surface area contributed by atoms with E-state index in [-0.39, 0.29) is 12.2 Å². The van der Waals surface area contributed by atoms with Gasteiger partial charge in [-0.1, -0.05) is 20.3 Å². The molecule has 5 heteroatoms. The molecule has 116 valence electrons. The van der Waals surface area contributed by atoms with Crippen molar-refractivity contribution in [2.24, 2.45) is 5.92 Å². The van der Waals surface area contributed by atoms with E-state index in [1.165, 1.54) is 18.4 Å². The van der Waals surface area contributed by atoms with Crippen LogP contribution in [0.25, 0.3) is 0 Å². The lowest BCUT2D eigenvalue weighted by Crippen LogP contribution is -2.43. The van der Waals surface area contributed by atoms with Gasteiger partial charge in [0.15, 0.2) is 0 Å². The topological polar surface area (TPSA) is 32.3 Å². The van der Waals surface area contributed by atoms with Crippen LogP contribution in [0.5, 0.6) is 0 Å². The summed E-state index contributed by atoms with van der Waals surface area (Å²) in [5.41, 5.74) is 1.24. The fourth-order valence-electron chi connectivity index (χ4n) is 3.63. The quantitative estimate of drug-likeness (QED) is 0.920. The monoisotopic (exact) mass is 324 g/mol. The molecule has 1 aromatic heterocycles. The van der Waals surface area contributed by atoms with Crippen molar-refractivity contribution in [1.82, 2.24) is 10.2 Å². The van der Waals surface area contributed by atoms with Crippen molar-refractivity contribution in [1.29, 1.82) is 0 Å². The molecule has 2 aliphatic rings. The number of amides is 1. The van der Waals surface area contributed by atoms with E-state index in [0.29, 0.717) is 23.1 Å². The van der Waals surface area contributed by atoms with Crippen LogP contribution in [0.4, 0.5) is 0 Å². The number of hydrogen-bond acceptors (Lipinski definition) is 4. The average molecular weight is 325 g/mol. The number of nitrogens with one attached hydrogen (secondary N) is 1. The Labute approximate surface area is 135 Å². The Morgan fingerprint density at radius 3 is 2.86 bits per heavy atom. The van der Waals surface area contributed by atoms with E-state index in [1.54, 1.807) is 11.3 Å². The fraction of sp³-hybridized carbons (Fsp3) is 0.688. The van der Waals surface area contributed by atoms with Gasteiger partial charge in [0.05, 0.1) is 6.04 Å². The summed E-state index contributed by atoms with van der Waals surface area (Å²) in [7, 11) is 0. The molecule has 4 atom stereocenters. The first-order valence-corrected chi connectivity index (χ1v) is 9.99. The number of hydrogen-bond donors (Lipinski definition) is 1. The van der Waals surface area contributed by atoms with Crippen LogP contribution in [0.1, 0.15) is 44.8 Å². The molecule has 1 aromatic rings. The minimum Gasteiger partial charge on any atom is -0.317 e. The second-order valence-corrected chi connectivity index (χ2v) is 8.22. The third-order valence-electron chi connectivity index (χ3n) is 4.74. The molecular formula is C16H24N2OS2. The first-order chi connectivity index (χ1) is 10.1. The smallest absolute Gasteiger partial charge is 0.241 e. The zero-order valence-electron chi connectivity index (χ0n) is 12.9. The predicted octanol–water partition coefficient (Wildman–Crippen LogP) is 3.49. The van der Waals surface area contributed by atoms with Crippen LogP contribution >= 0.6 is 23.1 Å². The van der Waals surface area contributed by atoms with Gasteiger partial charge in [-0.05, 0) is 47.4 Å². The van der Waals surface area contributed by atoms with Crippen molar-refractivity contribution >= 4 is 29.0 Å². The first kappa shape index (κ1) is 15.4. The van der Waals surface area contributed by atoms with Gasteiger partial charge in [0.25, 0.3) is 0 Å². The van der Waals surface area contributed by atoms with E-state index in [2.05, 4.69) is 47.1 Å². The van der Waals surface area contributed by atoms with Crippen molar-refractivity contribution in [2.75, 3.05) is 6.26 Å². The van der Waals surface area contributed by atoms with Gasteiger partial charge in [-0.3, -0.25) is 10.1 Å². The Hall–Kier alpha value is -0.520. The van der Waals surface area contributed by atoms with Crippen molar-refractivity contribution < 1.29 is 4.79 Å². The largest absolute Gasteiger partial charge is 0.317 e. The highest BCUT2D eigenvalue weighted by Gasteiger charge is 2.47. The Balaban J connectivity index is 1.91. The summed E-state index contributed by atoms with van der Waals surface area (Å²) in [5.74, 6) is 0.630. The number of thioether (sulfide) groups is 1. The van der Waals surface area contributed by atoms with Gasteiger partial charge in [0.1, 0.15) is 6.17 Å². The zero-order valence-corrected chi connectivity index (χ0v) is 14.5. The molecule has 1 aliphatic carbocycles. The molecule has 0 aromatic carbocycles. The van der Waals surface area contributed by atoms with Gasteiger partial charge in [-0.15, -0.1) is 0 Å². The number of carbonyl (C=O) groups excluding carboxylic acids is 1. The van der Waals surface area contributed by atoms with Gasteiger partial charge in [0.2, 0.25) is 5.91 Å². The summed E-state index contributed by atoms with van der Waals surface area (Å²) in [6, 6.07) is 2.49. The molecular weight excluding hydrogens is 300 g/mol. The fourth-order valence-corrected chi connectivity index (χ4v) is 5.29. The van der Waals surface area contributed by atoms with Crippen LogP contribution < -0.4 is 5.32 Å². The standard InChI is InChI=1S/C16H24N2OS2/c1-10(2)14-16(19)18(12-5-4-6-13(12)20-3)15(17-14)11-7-8-21-9-11/h7-10,12-15,17H,4-6H2,1-3H3. The summed E-state index contributed by atoms with van der Waals surface area (Å²) < 4.78 is 0. The van der Waals surface area contributed by atoms with Crippen LogP contribution in [0.3, 0.4) is 0 Å². The molecule has 1 amide bonds. The lowest BCUT2D eigenvalue weighted by Gasteiger charge is -2.33. The first-order valence-electron chi connectivity index (χ1n) is 7.76. The van der Waals surface area contributed by atoms with Gasteiger partial charge >= 0.3 is 0 Å². The summed E-state index contributed by atoms with van der Waals surface area (Å²) >= 11 is 3.62. The minimum atomic E-state index is -0.0435. The number of nitrogens with zero attached hydrogens (tertiary/aromatic N) is 1. The molecule has 1 saturated carbocycles. The highest BCUT2D eigenvalue weighted by atomic mass is 32.2. The van der Waals surface area contributed by atoms with Crippen LogP contribution in [-0.2, 0) is 4.79 Å². The molecule has 21 heavy (non-hydrogen) atoms. The van der Waals surface area contributed by atoms with Crippen LogP contribution in [-0.4, -0.2) is 34.4 Å². The maximum absolute atomic E-state index is 13.0. The Bertz CT molecular complexity index is 488. The minimum absolute atomic E-state index is 0.0435. The van der Waals surface area contributed by atoms with Crippen LogP contribution in [0.2, 0.25) is 0 Å². The predicted molar refractivity (Wildman–Crippen MR) is 90.6 cm³/mol. The van der Waals surface area contributed by atoms with E-state index in [4.69, 9.17) is 0 Å². The van der Waals surface area contributed by atoms with E-state index >= 15 is 0 Å². The van der Waals surface area contributed by atoms with Crippen molar-refractivity contribution in [2.45, 2.75) is 56.6 Å². The molecule has 1 saturated heterocycles. The van der Waals surface area contributed by atoms with E-state index in [0.717, 1.165) is 6.42 Å². The van der Waals surface area contributed by atoms with E-state index in [9.17, 15) is 4.79 Å². The third-order valence-corrected chi connectivity index (χ3v) is 6.60. The summed E-state index contributed by atoms with van der Waals surface area (Å²) in [6.45, 7) is 4.26. The molecule has 0 radical (unpaired) electrons. The number of carbonyl (C=O) groups is 1. The maximum atomic E-state index is 13.0. The molecule has 3 rings (SSSR count). The lowest BCUT2D eigenvalue weighted by atomic mass is 10.0. The molecule has 0 bridgehead atoms. The lowest BCUT2D eigenvalue weighted by molar-refractivity contribution is -0.132. The van der Waals surface area contributed by atoms with Crippen molar-refractivity contribution in [3.63, 3.8) is 0 Å². The second kappa shape index (κ2) is 6.31. The number of rotatable bonds is 4.